The molecular weight excluding hydrogens is 344 g/mol. The van der Waals surface area contributed by atoms with E-state index in [2.05, 4.69) is 35.1 Å². The van der Waals surface area contributed by atoms with Crippen molar-refractivity contribution < 1.29 is 29.4 Å². The zero-order valence-corrected chi connectivity index (χ0v) is 15.9. The molecule has 0 aromatic carbocycles. The van der Waals surface area contributed by atoms with E-state index in [0.717, 1.165) is 12.8 Å². The summed E-state index contributed by atoms with van der Waals surface area (Å²) in [4.78, 5) is 41.1. The first-order chi connectivity index (χ1) is 12.1. The Morgan fingerprint density at radius 1 is 0.731 bits per heavy atom. The van der Waals surface area contributed by atoms with Crippen LogP contribution in [-0.2, 0) is 19.2 Å². The Bertz CT molecular complexity index is 404. The SMILES string of the molecule is CCC(C)NCC(=O)NCCNC(=O)CNC(C)CC.O=C(O)C(=O)O. The number of amides is 2. The molecule has 0 rings (SSSR count). The number of carboxylic acids is 2. The van der Waals surface area contributed by atoms with Crippen molar-refractivity contribution in [2.75, 3.05) is 26.2 Å². The van der Waals surface area contributed by atoms with Gasteiger partial charge in [0, 0.05) is 25.2 Å². The third-order valence-electron chi connectivity index (χ3n) is 3.40. The van der Waals surface area contributed by atoms with Gasteiger partial charge in [0.25, 0.3) is 0 Å². The highest BCUT2D eigenvalue weighted by Crippen LogP contribution is 1.86. The second-order valence-electron chi connectivity index (χ2n) is 5.69. The lowest BCUT2D eigenvalue weighted by molar-refractivity contribution is -0.159. The van der Waals surface area contributed by atoms with Crippen molar-refractivity contribution in [1.29, 1.82) is 0 Å². The molecule has 6 N–H and O–H groups in total. The largest absolute Gasteiger partial charge is 0.473 e. The molecule has 10 heteroatoms. The lowest BCUT2D eigenvalue weighted by Crippen LogP contribution is -2.43. The average Bonchev–Trinajstić information content (AvgIpc) is 2.61. The van der Waals surface area contributed by atoms with Gasteiger partial charge in [0.1, 0.15) is 0 Å². The standard InChI is InChI=1S/C14H30N4O2.C2H2O4/c1-5-11(3)17-9-13(19)15-7-8-16-14(20)10-18-12(4)6-2;3-1(4)2(5)6/h11-12,17-18H,5-10H2,1-4H3,(H,15,19)(H,16,20);(H,3,4)(H,5,6). The van der Waals surface area contributed by atoms with Crippen molar-refractivity contribution in [3.05, 3.63) is 0 Å². The van der Waals surface area contributed by atoms with Crippen LogP contribution < -0.4 is 21.3 Å². The second-order valence-corrected chi connectivity index (χ2v) is 5.69. The van der Waals surface area contributed by atoms with E-state index >= 15 is 0 Å². The molecule has 0 aromatic heterocycles. The van der Waals surface area contributed by atoms with Crippen LogP contribution in [0.25, 0.3) is 0 Å². The average molecular weight is 376 g/mol. The monoisotopic (exact) mass is 376 g/mol. The minimum absolute atomic E-state index is 0.0442. The normalized spacial score (nSPS) is 12.2. The summed E-state index contributed by atoms with van der Waals surface area (Å²) in [5.74, 6) is -3.74. The highest BCUT2D eigenvalue weighted by atomic mass is 16.4. The summed E-state index contributed by atoms with van der Waals surface area (Å²) in [6.07, 6.45) is 1.99. The van der Waals surface area contributed by atoms with Crippen LogP contribution in [0, 0.1) is 0 Å². The number of aliphatic carboxylic acids is 2. The number of carbonyl (C=O) groups excluding carboxylic acids is 2. The predicted molar refractivity (Wildman–Crippen MR) is 96.8 cm³/mol. The maximum Gasteiger partial charge on any atom is 0.414 e. The Labute approximate surface area is 154 Å². The first-order valence-corrected chi connectivity index (χ1v) is 8.60. The molecule has 10 nitrogen and oxygen atoms in total. The van der Waals surface area contributed by atoms with Crippen LogP contribution in [-0.4, -0.2) is 72.2 Å². The van der Waals surface area contributed by atoms with Crippen LogP contribution in [0.5, 0.6) is 0 Å². The van der Waals surface area contributed by atoms with E-state index in [9.17, 15) is 9.59 Å². The van der Waals surface area contributed by atoms with Gasteiger partial charge >= 0.3 is 11.9 Å². The van der Waals surface area contributed by atoms with E-state index in [4.69, 9.17) is 19.8 Å². The predicted octanol–water partition coefficient (Wildman–Crippen LogP) is -0.849. The lowest BCUT2D eigenvalue weighted by Gasteiger charge is -2.12. The Kier molecular flexibility index (Phi) is 16.3. The molecular formula is C16H32N4O6. The molecule has 2 amide bonds. The van der Waals surface area contributed by atoms with Crippen LogP contribution >= 0.6 is 0 Å². The number of hydrogen-bond donors (Lipinski definition) is 6. The van der Waals surface area contributed by atoms with E-state index < -0.39 is 11.9 Å². The third-order valence-corrected chi connectivity index (χ3v) is 3.40. The van der Waals surface area contributed by atoms with Gasteiger partial charge in [-0.05, 0) is 26.7 Å². The molecule has 0 fully saturated rings. The summed E-state index contributed by atoms with van der Waals surface area (Å²) in [5.41, 5.74) is 0. The fourth-order valence-corrected chi connectivity index (χ4v) is 1.35. The fourth-order valence-electron chi connectivity index (χ4n) is 1.35. The molecule has 0 aliphatic rings. The maximum absolute atomic E-state index is 11.5. The van der Waals surface area contributed by atoms with Crippen LogP contribution in [0.3, 0.4) is 0 Å². The van der Waals surface area contributed by atoms with Crippen LogP contribution in [0.2, 0.25) is 0 Å². The van der Waals surface area contributed by atoms with Gasteiger partial charge in [-0.1, -0.05) is 13.8 Å². The van der Waals surface area contributed by atoms with Crippen molar-refractivity contribution >= 4 is 23.8 Å². The molecule has 2 unspecified atom stereocenters. The molecule has 0 spiro atoms. The molecule has 26 heavy (non-hydrogen) atoms. The molecule has 0 aliphatic carbocycles. The summed E-state index contributed by atoms with van der Waals surface area (Å²) < 4.78 is 0. The van der Waals surface area contributed by atoms with Crippen molar-refractivity contribution in [2.45, 2.75) is 52.6 Å². The highest BCUT2D eigenvalue weighted by molar-refractivity contribution is 6.27. The minimum atomic E-state index is -1.82. The van der Waals surface area contributed by atoms with Gasteiger partial charge in [-0.15, -0.1) is 0 Å². The van der Waals surface area contributed by atoms with Gasteiger partial charge in [-0.3, -0.25) is 9.59 Å². The summed E-state index contributed by atoms with van der Waals surface area (Å²) in [6.45, 7) is 9.76. The van der Waals surface area contributed by atoms with Crippen molar-refractivity contribution in [2.24, 2.45) is 0 Å². The Morgan fingerprint density at radius 2 is 1.04 bits per heavy atom. The van der Waals surface area contributed by atoms with Gasteiger partial charge in [-0.25, -0.2) is 9.59 Å². The lowest BCUT2D eigenvalue weighted by atomic mass is 10.2. The molecule has 0 bridgehead atoms. The van der Waals surface area contributed by atoms with E-state index in [1.807, 2.05) is 13.8 Å². The first kappa shape index (κ1) is 26.0. The molecule has 0 saturated carbocycles. The third kappa shape index (κ3) is 18.1. The van der Waals surface area contributed by atoms with Crippen LogP contribution in [0.1, 0.15) is 40.5 Å². The second kappa shape index (κ2) is 16.3. The number of rotatable bonds is 11. The van der Waals surface area contributed by atoms with Crippen molar-refractivity contribution in [1.82, 2.24) is 21.3 Å². The zero-order valence-electron chi connectivity index (χ0n) is 15.9. The Balaban J connectivity index is 0. The van der Waals surface area contributed by atoms with Gasteiger partial charge in [0.15, 0.2) is 0 Å². The zero-order chi connectivity index (χ0) is 20.5. The van der Waals surface area contributed by atoms with Gasteiger partial charge in [0.2, 0.25) is 11.8 Å². The van der Waals surface area contributed by atoms with Gasteiger partial charge in [-0.2, -0.15) is 0 Å². The van der Waals surface area contributed by atoms with E-state index in [-0.39, 0.29) is 11.8 Å². The van der Waals surface area contributed by atoms with E-state index in [0.29, 0.717) is 38.3 Å². The molecule has 152 valence electrons. The Hall–Kier alpha value is -2.20. The molecule has 0 aliphatic heterocycles. The van der Waals surface area contributed by atoms with Crippen molar-refractivity contribution in [3.63, 3.8) is 0 Å². The number of nitrogens with one attached hydrogen (secondary N) is 4. The molecule has 0 saturated heterocycles. The van der Waals surface area contributed by atoms with Crippen LogP contribution in [0.15, 0.2) is 0 Å². The maximum atomic E-state index is 11.5. The first-order valence-electron chi connectivity index (χ1n) is 8.60. The summed E-state index contributed by atoms with van der Waals surface area (Å²) >= 11 is 0. The number of carboxylic acid groups (broad SMARTS) is 2. The summed E-state index contributed by atoms with van der Waals surface area (Å²) in [7, 11) is 0. The summed E-state index contributed by atoms with van der Waals surface area (Å²) in [6, 6.07) is 0.680. The molecule has 2 atom stereocenters. The molecule has 0 radical (unpaired) electrons. The van der Waals surface area contributed by atoms with Gasteiger partial charge < -0.3 is 31.5 Å². The molecule has 0 aromatic rings. The van der Waals surface area contributed by atoms with Crippen LogP contribution in [0.4, 0.5) is 0 Å². The quantitative estimate of drug-likeness (QED) is 0.201. The number of carbonyl (C=O) groups is 4. The topological polar surface area (TPSA) is 157 Å². The molecule has 0 heterocycles. The smallest absolute Gasteiger partial charge is 0.414 e. The fraction of sp³-hybridized carbons (Fsp3) is 0.750. The minimum Gasteiger partial charge on any atom is -0.473 e. The van der Waals surface area contributed by atoms with E-state index in [1.54, 1.807) is 0 Å². The number of hydrogen-bond acceptors (Lipinski definition) is 6. The highest BCUT2D eigenvalue weighted by Gasteiger charge is 2.05. The van der Waals surface area contributed by atoms with Crippen molar-refractivity contribution in [3.8, 4) is 0 Å². The summed E-state index contributed by atoms with van der Waals surface area (Å²) in [5, 5.41) is 26.5. The van der Waals surface area contributed by atoms with Gasteiger partial charge in [0.05, 0.1) is 13.1 Å². The Morgan fingerprint density at radius 3 is 1.27 bits per heavy atom. The van der Waals surface area contributed by atoms with E-state index in [1.165, 1.54) is 0 Å².